The van der Waals surface area contributed by atoms with E-state index < -0.39 is 0 Å². The van der Waals surface area contributed by atoms with E-state index in [1.54, 1.807) is 0 Å². The minimum Gasteiger partial charge on any atom is -0.340 e. The molecule has 1 aromatic rings. The van der Waals surface area contributed by atoms with Gasteiger partial charge in [0.15, 0.2) is 0 Å². The molecule has 1 aromatic carbocycles. The molecule has 1 fully saturated rings. The Bertz CT molecular complexity index is 515. The number of rotatable bonds is 7. The summed E-state index contributed by atoms with van der Waals surface area (Å²) in [6, 6.07) is 9.16. The Morgan fingerprint density at radius 1 is 1.26 bits per heavy atom. The molecule has 1 unspecified atom stereocenters. The van der Waals surface area contributed by atoms with E-state index in [-0.39, 0.29) is 5.91 Å². The van der Waals surface area contributed by atoms with Crippen molar-refractivity contribution in [1.82, 2.24) is 14.7 Å². The minimum absolute atomic E-state index is 0.280. The van der Waals surface area contributed by atoms with Gasteiger partial charge in [-0.3, -0.25) is 9.69 Å². The first-order chi connectivity index (χ1) is 11.0. The molecule has 1 saturated heterocycles. The number of unbranched alkanes of at least 4 members (excludes halogenated alkanes) is 1. The van der Waals surface area contributed by atoms with Crippen LogP contribution in [-0.4, -0.2) is 60.9 Å². The zero-order valence-electron chi connectivity index (χ0n) is 15.1. The fourth-order valence-electron chi connectivity index (χ4n) is 2.99. The molecule has 0 radical (unpaired) electrons. The van der Waals surface area contributed by atoms with Gasteiger partial charge in [0.05, 0.1) is 6.54 Å². The van der Waals surface area contributed by atoms with E-state index in [2.05, 4.69) is 62.0 Å². The normalized spacial score (nSPS) is 17.8. The molecule has 23 heavy (non-hydrogen) atoms. The van der Waals surface area contributed by atoms with Gasteiger partial charge in [0.1, 0.15) is 0 Å². The van der Waals surface area contributed by atoms with E-state index in [0.717, 1.165) is 39.0 Å². The van der Waals surface area contributed by atoms with E-state index in [1.807, 2.05) is 4.90 Å². The van der Waals surface area contributed by atoms with E-state index >= 15 is 0 Å². The lowest BCUT2D eigenvalue weighted by atomic mass is 10.0. The summed E-state index contributed by atoms with van der Waals surface area (Å²) in [6.07, 6.45) is 2.25. The summed E-state index contributed by atoms with van der Waals surface area (Å²) >= 11 is 0. The van der Waals surface area contributed by atoms with Crippen LogP contribution in [0.3, 0.4) is 0 Å². The Hall–Kier alpha value is -1.39. The van der Waals surface area contributed by atoms with Gasteiger partial charge in [-0.2, -0.15) is 0 Å². The molecule has 0 aliphatic carbocycles. The maximum absolute atomic E-state index is 12.2. The van der Waals surface area contributed by atoms with Gasteiger partial charge in [0.2, 0.25) is 5.91 Å². The molecule has 128 valence electrons. The van der Waals surface area contributed by atoms with Crippen molar-refractivity contribution < 1.29 is 4.79 Å². The number of hydrogen-bond donors (Lipinski definition) is 0. The quantitative estimate of drug-likeness (QED) is 0.774. The zero-order chi connectivity index (χ0) is 16.8. The maximum atomic E-state index is 12.2. The summed E-state index contributed by atoms with van der Waals surface area (Å²) in [7, 11) is 4.21. The molecule has 4 heteroatoms. The molecular formula is C19H31N3O. The highest BCUT2D eigenvalue weighted by atomic mass is 16.2. The number of benzene rings is 1. The van der Waals surface area contributed by atoms with Crippen LogP contribution in [0.1, 0.15) is 43.9 Å². The molecule has 0 bridgehead atoms. The van der Waals surface area contributed by atoms with Crippen molar-refractivity contribution in [2.24, 2.45) is 0 Å². The second-order valence-corrected chi connectivity index (χ2v) is 6.83. The topological polar surface area (TPSA) is 26.8 Å². The fraction of sp³-hybridized carbons (Fsp3) is 0.632. The van der Waals surface area contributed by atoms with Gasteiger partial charge >= 0.3 is 0 Å². The van der Waals surface area contributed by atoms with Crippen molar-refractivity contribution in [3.8, 4) is 0 Å². The number of carbonyl (C=O) groups is 1. The molecule has 1 heterocycles. The van der Waals surface area contributed by atoms with Crippen molar-refractivity contribution in [3.05, 3.63) is 35.4 Å². The highest BCUT2D eigenvalue weighted by Gasteiger charge is 2.23. The van der Waals surface area contributed by atoms with Gasteiger partial charge in [0, 0.05) is 32.2 Å². The van der Waals surface area contributed by atoms with Crippen molar-refractivity contribution >= 4 is 5.91 Å². The molecule has 1 amide bonds. The average Bonchev–Trinajstić information content (AvgIpc) is 2.53. The van der Waals surface area contributed by atoms with Crippen molar-refractivity contribution in [3.63, 3.8) is 0 Å². The Balaban J connectivity index is 1.93. The lowest BCUT2D eigenvalue weighted by Gasteiger charge is -2.34. The van der Waals surface area contributed by atoms with Crippen LogP contribution >= 0.6 is 0 Å². The Morgan fingerprint density at radius 2 is 2.04 bits per heavy atom. The third-order valence-electron chi connectivity index (χ3n) is 4.79. The molecule has 1 aliphatic rings. The average molecular weight is 317 g/mol. The first-order valence-electron chi connectivity index (χ1n) is 8.76. The summed E-state index contributed by atoms with van der Waals surface area (Å²) < 4.78 is 0. The summed E-state index contributed by atoms with van der Waals surface area (Å²) in [6.45, 7) is 8.56. The van der Waals surface area contributed by atoms with Gasteiger partial charge in [-0.05, 0) is 38.6 Å². The van der Waals surface area contributed by atoms with Crippen LogP contribution in [0.2, 0.25) is 0 Å². The Kier molecular flexibility index (Phi) is 6.60. The number of hydrogen-bond acceptors (Lipinski definition) is 3. The van der Waals surface area contributed by atoms with Crippen molar-refractivity contribution in [2.45, 2.75) is 39.3 Å². The molecule has 0 aromatic heterocycles. The highest BCUT2D eigenvalue weighted by Crippen LogP contribution is 2.19. The highest BCUT2D eigenvalue weighted by molar-refractivity contribution is 5.79. The maximum Gasteiger partial charge on any atom is 0.236 e. The number of carbonyl (C=O) groups excluding carboxylic acids is 1. The van der Waals surface area contributed by atoms with E-state index in [1.165, 1.54) is 11.1 Å². The van der Waals surface area contributed by atoms with Gasteiger partial charge in [-0.15, -0.1) is 0 Å². The van der Waals surface area contributed by atoms with Crippen molar-refractivity contribution in [2.75, 3.05) is 40.3 Å². The van der Waals surface area contributed by atoms with Crippen LogP contribution in [0.5, 0.6) is 0 Å². The predicted octanol–water partition coefficient (Wildman–Crippen LogP) is 2.75. The minimum atomic E-state index is 0.280. The molecule has 0 spiro atoms. The second kappa shape index (κ2) is 8.46. The molecule has 1 aliphatic heterocycles. The molecule has 1 atom stereocenters. The molecule has 0 saturated carbocycles. The first-order valence-corrected chi connectivity index (χ1v) is 8.76. The van der Waals surface area contributed by atoms with E-state index in [0.29, 0.717) is 12.6 Å². The second-order valence-electron chi connectivity index (χ2n) is 6.83. The standard InChI is InChI=1S/C19H31N3O/c1-5-6-10-22-12-11-21(15-19(22)23)14-17-8-7-9-18(13-17)16(2)20(3)4/h7-9,13,16H,5-6,10-12,14-15H2,1-4H3. The third-order valence-corrected chi connectivity index (χ3v) is 4.79. The first kappa shape index (κ1) is 18.0. The van der Waals surface area contributed by atoms with Crippen LogP contribution in [0.15, 0.2) is 24.3 Å². The Morgan fingerprint density at radius 3 is 2.70 bits per heavy atom. The predicted molar refractivity (Wildman–Crippen MR) is 95.3 cm³/mol. The smallest absolute Gasteiger partial charge is 0.236 e. The van der Waals surface area contributed by atoms with Gasteiger partial charge < -0.3 is 9.80 Å². The zero-order valence-corrected chi connectivity index (χ0v) is 15.1. The van der Waals surface area contributed by atoms with Crippen LogP contribution in [0.25, 0.3) is 0 Å². The SMILES string of the molecule is CCCCN1CCN(Cc2cccc(C(C)N(C)C)c2)CC1=O. The molecule has 0 N–H and O–H groups in total. The van der Waals surface area contributed by atoms with E-state index in [4.69, 9.17) is 0 Å². The van der Waals surface area contributed by atoms with E-state index in [9.17, 15) is 4.79 Å². The Labute approximate surface area is 141 Å². The molecular weight excluding hydrogens is 286 g/mol. The van der Waals surface area contributed by atoms with Gasteiger partial charge in [-0.1, -0.05) is 37.6 Å². The van der Waals surface area contributed by atoms with Gasteiger partial charge in [0.25, 0.3) is 0 Å². The van der Waals surface area contributed by atoms with Crippen LogP contribution < -0.4 is 0 Å². The number of nitrogens with zero attached hydrogens (tertiary/aromatic N) is 3. The number of amides is 1. The van der Waals surface area contributed by atoms with Crippen LogP contribution in [0, 0.1) is 0 Å². The number of piperazine rings is 1. The lowest BCUT2D eigenvalue weighted by Crippen LogP contribution is -2.50. The summed E-state index contributed by atoms with van der Waals surface area (Å²) in [5.41, 5.74) is 2.63. The summed E-state index contributed by atoms with van der Waals surface area (Å²) in [4.78, 5) is 18.7. The molecule has 2 rings (SSSR count). The molecule has 4 nitrogen and oxygen atoms in total. The summed E-state index contributed by atoms with van der Waals surface area (Å²) in [5.74, 6) is 0.280. The van der Waals surface area contributed by atoms with Gasteiger partial charge in [-0.25, -0.2) is 0 Å². The van der Waals surface area contributed by atoms with Crippen LogP contribution in [-0.2, 0) is 11.3 Å². The third kappa shape index (κ3) is 5.05. The summed E-state index contributed by atoms with van der Waals surface area (Å²) in [5, 5.41) is 0. The lowest BCUT2D eigenvalue weighted by molar-refractivity contribution is -0.136. The monoisotopic (exact) mass is 317 g/mol. The fourth-order valence-corrected chi connectivity index (χ4v) is 2.99. The largest absolute Gasteiger partial charge is 0.340 e. The van der Waals surface area contributed by atoms with Crippen molar-refractivity contribution in [1.29, 1.82) is 0 Å². The van der Waals surface area contributed by atoms with Crippen LogP contribution in [0.4, 0.5) is 0 Å².